The van der Waals surface area contributed by atoms with Gasteiger partial charge in [-0.2, -0.15) is 0 Å². The predicted molar refractivity (Wildman–Crippen MR) is 70.9 cm³/mol. The van der Waals surface area contributed by atoms with Crippen molar-refractivity contribution >= 4 is 5.91 Å². The van der Waals surface area contributed by atoms with Crippen LogP contribution >= 0.6 is 0 Å². The van der Waals surface area contributed by atoms with E-state index in [9.17, 15) is 4.79 Å². The molecule has 0 aliphatic heterocycles. The number of aryl methyl sites for hydroxylation is 1. The molecule has 1 rings (SSSR count). The molecule has 3 heteroatoms. The Hall–Kier alpha value is -1.35. The van der Waals surface area contributed by atoms with Crippen molar-refractivity contribution in [3.63, 3.8) is 0 Å². The zero-order valence-electron chi connectivity index (χ0n) is 10.7. The van der Waals surface area contributed by atoms with E-state index in [0.717, 1.165) is 19.4 Å². The second-order valence-corrected chi connectivity index (χ2v) is 4.60. The average Bonchev–Trinajstić information content (AvgIpc) is 2.28. The standard InChI is InChI=1S/C14H22N2O/c1-11(2)13-8-4-3-6-12(13)7-5-9-16-10-14(15)17/h3-4,6,8,11,16H,5,7,9-10H2,1-2H3,(H2,15,17). The highest BCUT2D eigenvalue weighted by atomic mass is 16.1. The average molecular weight is 234 g/mol. The van der Waals surface area contributed by atoms with Crippen LogP contribution in [0, 0.1) is 0 Å². The topological polar surface area (TPSA) is 55.1 Å². The van der Waals surface area contributed by atoms with Crippen LogP contribution in [0.2, 0.25) is 0 Å². The molecule has 0 radical (unpaired) electrons. The van der Waals surface area contributed by atoms with E-state index >= 15 is 0 Å². The highest BCUT2D eigenvalue weighted by Gasteiger charge is 2.04. The van der Waals surface area contributed by atoms with Gasteiger partial charge in [-0.05, 0) is 36.4 Å². The van der Waals surface area contributed by atoms with E-state index in [4.69, 9.17) is 5.73 Å². The molecule has 1 amide bonds. The van der Waals surface area contributed by atoms with E-state index in [0.29, 0.717) is 5.92 Å². The van der Waals surface area contributed by atoms with E-state index in [2.05, 4.69) is 43.4 Å². The molecule has 0 fully saturated rings. The van der Waals surface area contributed by atoms with Crippen molar-refractivity contribution in [3.8, 4) is 0 Å². The van der Waals surface area contributed by atoms with Gasteiger partial charge in [0.2, 0.25) is 5.91 Å². The maximum absolute atomic E-state index is 10.5. The van der Waals surface area contributed by atoms with Crippen molar-refractivity contribution < 1.29 is 4.79 Å². The summed E-state index contributed by atoms with van der Waals surface area (Å²) in [5.74, 6) is 0.261. The Kier molecular flexibility index (Phi) is 5.70. The molecule has 1 aromatic rings. The molecule has 0 atom stereocenters. The Morgan fingerprint density at radius 1 is 1.35 bits per heavy atom. The molecule has 17 heavy (non-hydrogen) atoms. The van der Waals surface area contributed by atoms with Gasteiger partial charge in [-0.15, -0.1) is 0 Å². The second-order valence-electron chi connectivity index (χ2n) is 4.60. The van der Waals surface area contributed by atoms with Crippen molar-refractivity contribution in [1.82, 2.24) is 5.32 Å². The first-order valence-electron chi connectivity index (χ1n) is 6.18. The monoisotopic (exact) mass is 234 g/mol. The minimum absolute atomic E-state index is 0.270. The summed E-state index contributed by atoms with van der Waals surface area (Å²) in [7, 11) is 0. The number of nitrogens with one attached hydrogen (secondary N) is 1. The molecule has 0 unspecified atom stereocenters. The van der Waals surface area contributed by atoms with Crippen LogP contribution in [0.25, 0.3) is 0 Å². The second kappa shape index (κ2) is 7.07. The zero-order chi connectivity index (χ0) is 12.7. The van der Waals surface area contributed by atoms with Gasteiger partial charge in [0.05, 0.1) is 6.54 Å². The van der Waals surface area contributed by atoms with Crippen LogP contribution in [0.4, 0.5) is 0 Å². The summed E-state index contributed by atoms with van der Waals surface area (Å²) in [6.07, 6.45) is 2.07. The Balaban J connectivity index is 2.38. The Morgan fingerprint density at radius 3 is 2.71 bits per heavy atom. The van der Waals surface area contributed by atoms with Crippen LogP contribution in [0.3, 0.4) is 0 Å². The number of benzene rings is 1. The van der Waals surface area contributed by atoms with Crippen molar-refractivity contribution in [2.45, 2.75) is 32.6 Å². The van der Waals surface area contributed by atoms with Gasteiger partial charge < -0.3 is 11.1 Å². The lowest BCUT2D eigenvalue weighted by atomic mass is 9.94. The van der Waals surface area contributed by atoms with Crippen LogP contribution in [0.1, 0.15) is 37.3 Å². The molecular weight excluding hydrogens is 212 g/mol. The molecule has 94 valence electrons. The number of nitrogens with two attached hydrogens (primary N) is 1. The van der Waals surface area contributed by atoms with E-state index in [-0.39, 0.29) is 12.5 Å². The van der Waals surface area contributed by atoms with Gasteiger partial charge in [-0.25, -0.2) is 0 Å². The number of amides is 1. The maximum atomic E-state index is 10.5. The van der Waals surface area contributed by atoms with Gasteiger partial charge in [0.25, 0.3) is 0 Å². The quantitative estimate of drug-likeness (QED) is 0.707. The fourth-order valence-corrected chi connectivity index (χ4v) is 1.94. The lowest BCUT2D eigenvalue weighted by molar-refractivity contribution is -0.117. The molecule has 0 saturated heterocycles. The van der Waals surface area contributed by atoms with E-state index < -0.39 is 0 Å². The molecule has 3 nitrogen and oxygen atoms in total. The third kappa shape index (κ3) is 5.00. The molecule has 0 bridgehead atoms. The summed E-state index contributed by atoms with van der Waals surface area (Å²) in [6.45, 7) is 5.52. The largest absolute Gasteiger partial charge is 0.369 e. The van der Waals surface area contributed by atoms with E-state index in [1.54, 1.807) is 0 Å². The maximum Gasteiger partial charge on any atom is 0.231 e. The fraction of sp³-hybridized carbons (Fsp3) is 0.500. The number of carbonyl (C=O) groups is 1. The van der Waals surface area contributed by atoms with Gasteiger partial charge in [-0.1, -0.05) is 38.1 Å². The number of carbonyl (C=O) groups excluding carboxylic acids is 1. The molecule has 0 aliphatic carbocycles. The van der Waals surface area contributed by atoms with Gasteiger partial charge in [-0.3, -0.25) is 4.79 Å². The molecule has 0 spiro atoms. The minimum Gasteiger partial charge on any atom is -0.369 e. The van der Waals surface area contributed by atoms with Gasteiger partial charge in [0.1, 0.15) is 0 Å². The first-order valence-corrected chi connectivity index (χ1v) is 6.18. The lowest BCUT2D eigenvalue weighted by Crippen LogP contribution is -2.29. The van der Waals surface area contributed by atoms with Crippen LogP contribution < -0.4 is 11.1 Å². The van der Waals surface area contributed by atoms with Crippen molar-refractivity contribution in [2.75, 3.05) is 13.1 Å². The highest BCUT2D eigenvalue weighted by Crippen LogP contribution is 2.20. The summed E-state index contributed by atoms with van der Waals surface area (Å²) in [5, 5.41) is 3.03. The molecule has 0 aromatic heterocycles. The van der Waals surface area contributed by atoms with Gasteiger partial charge in [0, 0.05) is 0 Å². The smallest absolute Gasteiger partial charge is 0.231 e. The molecule has 0 saturated carbocycles. The molecule has 0 heterocycles. The fourth-order valence-electron chi connectivity index (χ4n) is 1.94. The predicted octanol–water partition coefficient (Wildman–Crippen LogP) is 1.82. The van der Waals surface area contributed by atoms with Crippen molar-refractivity contribution in [3.05, 3.63) is 35.4 Å². The van der Waals surface area contributed by atoms with Crippen LogP contribution in [-0.4, -0.2) is 19.0 Å². The summed E-state index contributed by atoms with van der Waals surface area (Å²) >= 11 is 0. The third-order valence-corrected chi connectivity index (χ3v) is 2.78. The van der Waals surface area contributed by atoms with E-state index in [1.807, 2.05) is 0 Å². The van der Waals surface area contributed by atoms with Gasteiger partial charge in [0.15, 0.2) is 0 Å². The first-order chi connectivity index (χ1) is 8.11. The number of hydrogen-bond donors (Lipinski definition) is 2. The third-order valence-electron chi connectivity index (χ3n) is 2.78. The summed E-state index contributed by atoms with van der Waals surface area (Å²) in [5.41, 5.74) is 7.87. The Labute approximate surface area is 103 Å². The zero-order valence-corrected chi connectivity index (χ0v) is 10.7. The van der Waals surface area contributed by atoms with Crippen LogP contribution in [0.5, 0.6) is 0 Å². The number of hydrogen-bond acceptors (Lipinski definition) is 2. The van der Waals surface area contributed by atoms with Crippen LogP contribution in [-0.2, 0) is 11.2 Å². The summed E-state index contributed by atoms with van der Waals surface area (Å²) in [6, 6.07) is 8.54. The Bertz CT molecular complexity index is 361. The lowest BCUT2D eigenvalue weighted by Gasteiger charge is -2.12. The normalized spacial score (nSPS) is 10.8. The van der Waals surface area contributed by atoms with Crippen LogP contribution in [0.15, 0.2) is 24.3 Å². The van der Waals surface area contributed by atoms with Gasteiger partial charge >= 0.3 is 0 Å². The molecular formula is C14H22N2O. The Morgan fingerprint density at radius 2 is 2.06 bits per heavy atom. The minimum atomic E-state index is -0.299. The first kappa shape index (κ1) is 13.7. The van der Waals surface area contributed by atoms with Crippen molar-refractivity contribution in [2.24, 2.45) is 5.73 Å². The number of rotatable bonds is 7. The number of primary amides is 1. The summed E-state index contributed by atoms with van der Waals surface area (Å²) in [4.78, 5) is 10.5. The van der Waals surface area contributed by atoms with E-state index in [1.165, 1.54) is 11.1 Å². The molecule has 0 aliphatic rings. The molecule has 3 N–H and O–H groups in total. The van der Waals surface area contributed by atoms with Crippen molar-refractivity contribution in [1.29, 1.82) is 0 Å². The highest BCUT2D eigenvalue weighted by molar-refractivity contribution is 5.75. The SMILES string of the molecule is CC(C)c1ccccc1CCCNCC(N)=O. The summed E-state index contributed by atoms with van der Waals surface area (Å²) < 4.78 is 0. The molecule has 1 aromatic carbocycles.